The third-order valence-corrected chi connectivity index (χ3v) is 4.13. The molecule has 3 rings (SSSR count). The lowest BCUT2D eigenvalue weighted by atomic mass is 10.0. The van der Waals surface area contributed by atoms with E-state index in [0.29, 0.717) is 23.6 Å². The van der Waals surface area contributed by atoms with Crippen molar-refractivity contribution in [2.24, 2.45) is 0 Å². The Bertz CT molecular complexity index is 716. The fourth-order valence-electron chi connectivity index (χ4n) is 2.76. The van der Waals surface area contributed by atoms with Gasteiger partial charge in [-0.05, 0) is 23.1 Å². The summed E-state index contributed by atoms with van der Waals surface area (Å²) in [5.74, 6) is 0.373. The van der Waals surface area contributed by atoms with E-state index in [0.717, 1.165) is 5.56 Å². The summed E-state index contributed by atoms with van der Waals surface area (Å²) in [6.45, 7) is 4.90. The molecule has 0 bridgehead atoms. The Balaban J connectivity index is 1.72. The summed E-state index contributed by atoms with van der Waals surface area (Å²) >= 11 is 0. The minimum atomic E-state index is -0.0530. The molecule has 1 amide bonds. The molecule has 0 aliphatic carbocycles. The van der Waals surface area contributed by atoms with E-state index in [1.807, 2.05) is 48.5 Å². The molecular formula is C19H19NO2. The summed E-state index contributed by atoms with van der Waals surface area (Å²) < 4.78 is 0. The predicted molar refractivity (Wildman–Crippen MR) is 86.0 cm³/mol. The number of fused-ring (bicyclic) bond motifs is 1. The average Bonchev–Trinajstić information content (AvgIpc) is 2.84. The molecule has 112 valence electrons. The van der Waals surface area contributed by atoms with Gasteiger partial charge in [0.15, 0.2) is 5.78 Å². The molecule has 22 heavy (non-hydrogen) atoms. The van der Waals surface area contributed by atoms with Gasteiger partial charge in [0.2, 0.25) is 0 Å². The summed E-state index contributed by atoms with van der Waals surface area (Å²) in [5, 5.41) is 0. The minimum absolute atomic E-state index is 0.0172. The molecular weight excluding hydrogens is 274 g/mol. The Labute approximate surface area is 130 Å². The highest BCUT2D eigenvalue weighted by atomic mass is 16.2. The summed E-state index contributed by atoms with van der Waals surface area (Å²) in [6.07, 6.45) is 0. The van der Waals surface area contributed by atoms with Gasteiger partial charge in [0, 0.05) is 17.7 Å². The largest absolute Gasteiger partial charge is 0.327 e. The zero-order valence-electron chi connectivity index (χ0n) is 12.9. The zero-order chi connectivity index (χ0) is 15.7. The average molecular weight is 293 g/mol. The van der Waals surface area contributed by atoms with E-state index < -0.39 is 0 Å². The van der Waals surface area contributed by atoms with Gasteiger partial charge in [-0.25, -0.2) is 0 Å². The second-order valence-corrected chi connectivity index (χ2v) is 6.02. The van der Waals surface area contributed by atoms with Crippen molar-refractivity contribution in [1.82, 2.24) is 4.90 Å². The SMILES string of the molecule is CC(C)c1ccc(C(=O)CN2Cc3ccccc3C2=O)cc1. The zero-order valence-corrected chi connectivity index (χ0v) is 12.9. The topological polar surface area (TPSA) is 37.4 Å². The summed E-state index contributed by atoms with van der Waals surface area (Å²) in [6, 6.07) is 15.2. The van der Waals surface area contributed by atoms with Crippen molar-refractivity contribution < 1.29 is 9.59 Å². The van der Waals surface area contributed by atoms with E-state index in [-0.39, 0.29) is 18.2 Å². The van der Waals surface area contributed by atoms with Crippen LogP contribution >= 0.6 is 0 Å². The molecule has 2 aromatic rings. The molecule has 0 fully saturated rings. The molecule has 0 unspecified atom stereocenters. The number of carbonyl (C=O) groups is 2. The smallest absolute Gasteiger partial charge is 0.254 e. The Hall–Kier alpha value is -2.42. The fraction of sp³-hybridized carbons (Fsp3) is 0.263. The minimum Gasteiger partial charge on any atom is -0.327 e. The van der Waals surface area contributed by atoms with Crippen molar-refractivity contribution in [3.8, 4) is 0 Å². The first-order valence-corrected chi connectivity index (χ1v) is 7.56. The molecule has 2 aromatic carbocycles. The van der Waals surface area contributed by atoms with Crippen LogP contribution in [-0.2, 0) is 6.54 Å². The second kappa shape index (κ2) is 5.76. The first-order chi connectivity index (χ1) is 10.6. The van der Waals surface area contributed by atoms with Gasteiger partial charge in [-0.3, -0.25) is 9.59 Å². The number of amides is 1. The quantitative estimate of drug-likeness (QED) is 0.807. The van der Waals surface area contributed by atoms with Crippen LogP contribution in [0, 0.1) is 0 Å². The van der Waals surface area contributed by atoms with E-state index >= 15 is 0 Å². The summed E-state index contributed by atoms with van der Waals surface area (Å²) in [5.41, 5.74) is 3.58. The van der Waals surface area contributed by atoms with E-state index in [4.69, 9.17) is 0 Å². The van der Waals surface area contributed by atoms with E-state index in [2.05, 4.69) is 13.8 Å². The summed E-state index contributed by atoms with van der Waals surface area (Å²) in [7, 11) is 0. The van der Waals surface area contributed by atoms with Crippen LogP contribution in [0.5, 0.6) is 0 Å². The number of hydrogen-bond acceptors (Lipinski definition) is 2. The number of rotatable bonds is 4. The first kappa shape index (κ1) is 14.5. The van der Waals surface area contributed by atoms with Crippen LogP contribution in [-0.4, -0.2) is 23.1 Å². The van der Waals surface area contributed by atoms with Gasteiger partial charge >= 0.3 is 0 Å². The lowest BCUT2D eigenvalue weighted by molar-refractivity contribution is 0.0729. The van der Waals surface area contributed by atoms with Crippen molar-refractivity contribution in [3.63, 3.8) is 0 Å². The third-order valence-electron chi connectivity index (χ3n) is 4.13. The van der Waals surface area contributed by atoms with Gasteiger partial charge in [-0.1, -0.05) is 56.3 Å². The monoisotopic (exact) mass is 293 g/mol. The lowest BCUT2D eigenvalue weighted by Gasteiger charge is -2.15. The van der Waals surface area contributed by atoms with Crippen LogP contribution in [0.1, 0.15) is 51.6 Å². The highest BCUT2D eigenvalue weighted by Crippen LogP contribution is 2.22. The predicted octanol–water partition coefficient (Wildman–Crippen LogP) is 3.65. The highest BCUT2D eigenvalue weighted by molar-refractivity contribution is 6.04. The highest BCUT2D eigenvalue weighted by Gasteiger charge is 2.28. The fourth-order valence-corrected chi connectivity index (χ4v) is 2.76. The number of ketones is 1. The molecule has 0 saturated heterocycles. The van der Waals surface area contributed by atoms with Gasteiger partial charge < -0.3 is 4.90 Å². The van der Waals surface area contributed by atoms with Crippen molar-refractivity contribution in [3.05, 3.63) is 70.8 Å². The molecule has 0 aromatic heterocycles. The van der Waals surface area contributed by atoms with E-state index in [1.54, 1.807) is 4.90 Å². The maximum absolute atomic E-state index is 12.4. The van der Waals surface area contributed by atoms with Gasteiger partial charge in [-0.2, -0.15) is 0 Å². The number of carbonyl (C=O) groups excluding carboxylic acids is 2. The van der Waals surface area contributed by atoms with E-state index in [9.17, 15) is 9.59 Å². The number of nitrogens with zero attached hydrogens (tertiary/aromatic N) is 1. The molecule has 0 saturated carbocycles. The van der Waals surface area contributed by atoms with Crippen LogP contribution < -0.4 is 0 Å². The maximum atomic E-state index is 12.4. The number of hydrogen-bond donors (Lipinski definition) is 0. The Kier molecular flexibility index (Phi) is 3.80. The van der Waals surface area contributed by atoms with Crippen molar-refractivity contribution in [1.29, 1.82) is 0 Å². The van der Waals surface area contributed by atoms with Crippen molar-refractivity contribution in [2.75, 3.05) is 6.54 Å². The molecule has 3 heteroatoms. The molecule has 0 atom stereocenters. The maximum Gasteiger partial charge on any atom is 0.254 e. The first-order valence-electron chi connectivity index (χ1n) is 7.56. The molecule has 1 aliphatic heterocycles. The molecule has 1 heterocycles. The Morgan fingerprint density at radius 2 is 1.77 bits per heavy atom. The normalized spacial score (nSPS) is 13.6. The van der Waals surface area contributed by atoms with Gasteiger partial charge in [0.25, 0.3) is 5.91 Å². The van der Waals surface area contributed by atoms with Crippen LogP contribution in [0.2, 0.25) is 0 Å². The molecule has 0 N–H and O–H groups in total. The van der Waals surface area contributed by atoms with Crippen LogP contribution in [0.15, 0.2) is 48.5 Å². The Morgan fingerprint density at radius 1 is 1.09 bits per heavy atom. The van der Waals surface area contributed by atoms with Gasteiger partial charge in [-0.15, -0.1) is 0 Å². The van der Waals surface area contributed by atoms with Crippen LogP contribution in [0.25, 0.3) is 0 Å². The molecule has 0 radical (unpaired) electrons. The van der Waals surface area contributed by atoms with Gasteiger partial charge in [0.05, 0.1) is 6.54 Å². The summed E-state index contributed by atoms with van der Waals surface area (Å²) in [4.78, 5) is 26.3. The van der Waals surface area contributed by atoms with Crippen molar-refractivity contribution >= 4 is 11.7 Å². The Morgan fingerprint density at radius 3 is 2.41 bits per heavy atom. The van der Waals surface area contributed by atoms with Crippen molar-refractivity contribution in [2.45, 2.75) is 26.3 Å². The number of benzene rings is 2. The van der Waals surface area contributed by atoms with Crippen LogP contribution in [0.4, 0.5) is 0 Å². The lowest BCUT2D eigenvalue weighted by Crippen LogP contribution is -2.30. The second-order valence-electron chi connectivity index (χ2n) is 6.02. The van der Waals surface area contributed by atoms with E-state index in [1.165, 1.54) is 5.56 Å². The third kappa shape index (κ3) is 2.67. The van der Waals surface area contributed by atoms with Crippen LogP contribution in [0.3, 0.4) is 0 Å². The molecule has 0 spiro atoms. The number of Topliss-reactive ketones (excluding diaryl/α,β-unsaturated/α-hetero) is 1. The standard InChI is InChI=1S/C19H19NO2/c1-13(2)14-7-9-15(10-8-14)18(21)12-20-11-16-5-3-4-6-17(16)19(20)22/h3-10,13H,11-12H2,1-2H3. The van der Waals surface area contributed by atoms with Gasteiger partial charge in [0.1, 0.15) is 0 Å². The molecule has 1 aliphatic rings. The molecule has 3 nitrogen and oxygen atoms in total.